The molecule has 0 unspecified atom stereocenters. The number of nitrogens with zero attached hydrogens (tertiary/aromatic N) is 2. The van der Waals surface area contributed by atoms with E-state index in [0.717, 1.165) is 23.5 Å². The van der Waals surface area contributed by atoms with E-state index >= 15 is 0 Å². The van der Waals surface area contributed by atoms with Crippen LogP contribution in [0.4, 0.5) is 5.69 Å². The van der Waals surface area contributed by atoms with Crippen LogP contribution in [0.2, 0.25) is 0 Å². The summed E-state index contributed by atoms with van der Waals surface area (Å²) in [6, 6.07) is 6.29. The van der Waals surface area contributed by atoms with E-state index in [-0.39, 0.29) is 34.2 Å². The molecular weight excluding hydrogens is 446 g/mol. The van der Waals surface area contributed by atoms with Gasteiger partial charge in [-0.05, 0) is 35.9 Å². The molecule has 2 atom stereocenters. The van der Waals surface area contributed by atoms with Gasteiger partial charge in [-0.2, -0.15) is 0 Å². The highest BCUT2D eigenvalue weighted by molar-refractivity contribution is 7.94. The second-order valence-electron chi connectivity index (χ2n) is 7.61. The van der Waals surface area contributed by atoms with Crippen LogP contribution in [0.15, 0.2) is 38.6 Å². The Hall–Kier alpha value is -2.70. The van der Waals surface area contributed by atoms with Gasteiger partial charge in [0.05, 0.1) is 0 Å². The molecule has 31 heavy (non-hydrogen) atoms. The van der Waals surface area contributed by atoms with Crippen molar-refractivity contribution in [3.63, 3.8) is 0 Å². The van der Waals surface area contributed by atoms with E-state index in [4.69, 9.17) is 9.84 Å². The van der Waals surface area contributed by atoms with Crippen molar-refractivity contribution >= 4 is 38.9 Å². The summed E-state index contributed by atoms with van der Waals surface area (Å²) in [6.45, 7) is 0.365. The Bertz CT molecular complexity index is 1160. The van der Waals surface area contributed by atoms with Crippen LogP contribution in [0, 0.1) is 5.92 Å². The Balaban J connectivity index is 1.52. The number of piperidine rings is 1. The first-order valence-electron chi connectivity index (χ1n) is 9.62. The number of amides is 1. The van der Waals surface area contributed by atoms with Crippen LogP contribution in [-0.4, -0.2) is 61.2 Å². The minimum absolute atomic E-state index is 0.00729. The minimum Gasteiger partial charge on any atom is -0.480 e. The standard InChI is InChI=1S/C19H21N3O7S2/c23-16(10-29-11-17(24)25)21-7-12-6-13(9-21)15-4-3-14(19(26)22(15)8-12)20-31(27,28)18-2-1-5-30-18/h1-5,12-13,20H,6-11H2,(H,24,25)/t12-,13+/m0/s1. The molecule has 1 amide bonds. The summed E-state index contributed by atoms with van der Waals surface area (Å²) in [5.74, 6) is -1.45. The molecule has 0 spiro atoms. The first-order chi connectivity index (χ1) is 14.7. The molecule has 1 fully saturated rings. The van der Waals surface area contributed by atoms with Gasteiger partial charge in [-0.3, -0.25) is 14.3 Å². The molecule has 0 radical (unpaired) electrons. The molecule has 12 heteroatoms. The second kappa shape index (κ2) is 8.44. The number of rotatable bonds is 7. The SMILES string of the molecule is O=C(O)COCC(=O)N1C[C@@H]2C[C@H](C1)c1ccc(NS(=O)(=O)c3cccs3)c(=O)n1C2. The third kappa shape index (κ3) is 4.50. The summed E-state index contributed by atoms with van der Waals surface area (Å²) < 4.78 is 34.0. The van der Waals surface area contributed by atoms with Gasteiger partial charge in [0, 0.05) is 31.2 Å². The van der Waals surface area contributed by atoms with Crippen molar-refractivity contribution in [3.8, 4) is 0 Å². The van der Waals surface area contributed by atoms with Gasteiger partial charge >= 0.3 is 5.97 Å². The van der Waals surface area contributed by atoms with Crippen LogP contribution in [0.1, 0.15) is 18.0 Å². The fourth-order valence-corrected chi connectivity index (χ4v) is 6.21. The number of carbonyl (C=O) groups is 2. The number of aromatic nitrogens is 1. The monoisotopic (exact) mass is 467 g/mol. The lowest BCUT2D eigenvalue weighted by atomic mass is 9.83. The third-order valence-corrected chi connectivity index (χ3v) is 8.18. The van der Waals surface area contributed by atoms with Crippen molar-refractivity contribution in [1.29, 1.82) is 0 Å². The summed E-state index contributed by atoms with van der Waals surface area (Å²) in [6.07, 6.45) is 0.819. The van der Waals surface area contributed by atoms with Gasteiger partial charge in [0.2, 0.25) is 5.91 Å². The van der Waals surface area contributed by atoms with Gasteiger partial charge in [0.15, 0.2) is 0 Å². The predicted molar refractivity (Wildman–Crippen MR) is 112 cm³/mol. The molecule has 2 N–H and O–H groups in total. The molecule has 2 aromatic rings. The number of carbonyl (C=O) groups excluding carboxylic acids is 1. The van der Waals surface area contributed by atoms with Crippen molar-refractivity contribution in [2.75, 3.05) is 31.0 Å². The molecule has 0 aliphatic carbocycles. The number of fused-ring (bicyclic) bond motifs is 4. The maximum absolute atomic E-state index is 13.0. The van der Waals surface area contributed by atoms with Crippen LogP contribution in [0.25, 0.3) is 0 Å². The third-order valence-electron chi connectivity index (χ3n) is 5.41. The zero-order valence-electron chi connectivity index (χ0n) is 16.4. The van der Waals surface area contributed by atoms with Crippen molar-refractivity contribution in [3.05, 3.63) is 45.7 Å². The maximum Gasteiger partial charge on any atom is 0.329 e. The highest BCUT2D eigenvalue weighted by Gasteiger charge is 2.37. The molecule has 2 aliphatic heterocycles. The van der Waals surface area contributed by atoms with Crippen molar-refractivity contribution in [2.45, 2.75) is 23.1 Å². The smallest absolute Gasteiger partial charge is 0.329 e. The lowest BCUT2D eigenvalue weighted by molar-refractivity contribution is -0.146. The van der Waals surface area contributed by atoms with Crippen LogP contribution in [-0.2, 0) is 30.9 Å². The number of aliphatic carboxylic acids is 1. The summed E-state index contributed by atoms with van der Waals surface area (Å²) >= 11 is 1.07. The van der Waals surface area contributed by atoms with Gasteiger partial charge in [0.25, 0.3) is 15.6 Å². The van der Waals surface area contributed by atoms with E-state index in [1.165, 1.54) is 12.1 Å². The lowest BCUT2D eigenvalue weighted by Gasteiger charge is -2.42. The molecule has 0 aromatic carbocycles. The highest BCUT2D eigenvalue weighted by Crippen LogP contribution is 2.35. The largest absolute Gasteiger partial charge is 0.480 e. The molecule has 2 bridgehead atoms. The number of anilines is 1. The second-order valence-corrected chi connectivity index (χ2v) is 10.5. The van der Waals surface area contributed by atoms with E-state index in [9.17, 15) is 22.8 Å². The first-order valence-corrected chi connectivity index (χ1v) is 12.0. The summed E-state index contributed by atoms with van der Waals surface area (Å²) in [7, 11) is -3.83. The van der Waals surface area contributed by atoms with Crippen LogP contribution >= 0.6 is 11.3 Å². The van der Waals surface area contributed by atoms with Crippen LogP contribution in [0.5, 0.6) is 0 Å². The fourth-order valence-electron chi connectivity index (χ4n) is 4.16. The molecule has 2 aliphatic rings. The van der Waals surface area contributed by atoms with E-state index in [0.29, 0.717) is 19.6 Å². The van der Waals surface area contributed by atoms with E-state index in [1.807, 2.05) is 0 Å². The quantitative estimate of drug-likeness (QED) is 0.614. The molecule has 1 saturated heterocycles. The highest BCUT2D eigenvalue weighted by atomic mass is 32.2. The van der Waals surface area contributed by atoms with E-state index in [1.54, 1.807) is 27.0 Å². The summed E-state index contributed by atoms with van der Waals surface area (Å²) in [5, 5.41) is 10.3. The summed E-state index contributed by atoms with van der Waals surface area (Å²) in [4.78, 5) is 37.6. The number of pyridine rings is 1. The Morgan fingerprint density at radius 3 is 2.71 bits per heavy atom. The van der Waals surface area contributed by atoms with Gasteiger partial charge in [-0.25, -0.2) is 13.2 Å². The minimum atomic E-state index is -3.83. The number of thiophene rings is 1. The van der Waals surface area contributed by atoms with Crippen molar-refractivity contribution in [1.82, 2.24) is 9.47 Å². The Kier molecular flexibility index (Phi) is 5.86. The van der Waals surface area contributed by atoms with Gasteiger partial charge in [0.1, 0.15) is 23.1 Å². The molecule has 0 saturated carbocycles. The number of hydrogen-bond donors (Lipinski definition) is 2. The Labute approximate surface area is 182 Å². The molecule has 4 heterocycles. The maximum atomic E-state index is 13.0. The number of nitrogens with one attached hydrogen (secondary N) is 1. The fraction of sp³-hybridized carbons (Fsp3) is 0.421. The van der Waals surface area contributed by atoms with Gasteiger partial charge in [-0.1, -0.05) is 6.07 Å². The summed E-state index contributed by atoms with van der Waals surface area (Å²) in [5.41, 5.74) is 0.341. The molecule has 4 rings (SSSR count). The number of carboxylic acids is 1. The van der Waals surface area contributed by atoms with E-state index in [2.05, 4.69) is 4.72 Å². The molecule has 166 valence electrons. The van der Waals surface area contributed by atoms with Crippen molar-refractivity contribution < 1.29 is 27.9 Å². The average Bonchev–Trinajstić information content (AvgIpc) is 3.26. The zero-order chi connectivity index (χ0) is 22.2. The molecule has 2 aromatic heterocycles. The van der Waals surface area contributed by atoms with Gasteiger partial charge in [-0.15, -0.1) is 11.3 Å². The molecule has 10 nitrogen and oxygen atoms in total. The number of sulfonamides is 1. The number of hydrogen-bond acceptors (Lipinski definition) is 7. The number of ether oxygens (including phenoxy) is 1. The van der Waals surface area contributed by atoms with Crippen LogP contribution < -0.4 is 10.3 Å². The first kappa shape index (κ1) is 21.5. The Morgan fingerprint density at radius 2 is 2.00 bits per heavy atom. The van der Waals surface area contributed by atoms with E-state index < -0.39 is 28.2 Å². The number of carboxylic acid groups (broad SMARTS) is 1. The topological polar surface area (TPSA) is 135 Å². The van der Waals surface area contributed by atoms with Gasteiger partial charge < -0.3 is 19.3 Å². The van der Waals surface area contributed by atoms with Crippen molar-refractivity contribution in [2.24, 2.45) is 5.92 Å². The zero-order valence-corrected chi connectivity index (χ0v) is 18.0. The molecular formula is C19H21N3O7S2. The normalized spacial score (nSPS) is 20.2. The lowest BCUT2D eigenvalue weighted by Crippen LogP contribution is -2.50. The van der Waals surface area contributed by atoms with Crippen LogP contribution in [0.3, 0.4) is 0 Å². The average molecular weight is 468 g/mol. The number of likely N-dealkylation sites (tertiary alicyclic amines) is 1. The Morgan fingerprint density at radius 1 is 1.19 bits per heavy atom. The predicted octanol–water partition coefficient (Wildman–Crippen LogP) is 0.757.